The lowest BCUT2D eigenvalue weighted by atomic mass is 10.1. The zero-order valence-corrected chi connectivity index (χ0v) is 13.9. The molecular formula is C16H30N4. The van der Waals surface area contributed by atoms with Crippen LogP contribution in [0, 0.1) is 5.92 Å². The highest BCUT2D eigenvalue weighted by molar-refractivity contribution is 5.48. The van der Waals surface area contributed by atoms with E-state index in [0.717, 1.165) is 36.8 Å². The number of rotatable bonds is 8. The van der Waals surface area contributed by atoms with Crippen molar-refractivity contribution in [3.05, 3.63) is 17.7 Å². The van der Waals surface area contributed by atoms with Crippen LogP contribution in [-0.2, 0) is 6.54 Å². The van der Waals surface area contributed by atoms with Gasteiger partial charge in [-0.05, 0) is 12.5 Å². The Kier molecular flexibility index (Phi) is 6.93. The Bertz CT molecular complexity index is 403. The zero-order valence-electron chi connectivity index (χ0n) is 13.9. The quantitative estimate of drug-likeness (QED) is 0.793. The van der Waals surface area contributed by atoms with Crippen molar-refractivity contribution in [1.82, 2.24) is 15.3 Å². The predicted octanol–water partition coefficient (Wildman–Crippen LogP) is 3.19. The Balaban J connectivity index is 2.97. The lowest BCUT2D eigenvalue weighted by molar-refractivity contribution is 0.556. The molecule has 0 radical (unpaired) electrons. The van der Waals surface area contributed by atoms with Gasteiger partial charge in [0.2, 0.25) is 0 Å². The molecule has 4 nitrogen and oxygen atoms in total. The molecule has 1 atom stereocenters. The van der Waals surface area contributed by atoms with Gasteiger partial charge in [-0.2, -0.15) is 0 Å². The molecule has 0 bridgehead atoms. The summed E-state index contributed by atoms with van der Waals surface area (Å²) in [5.74, 6) is 1.97. The first-order valence-electron chi connectivity index (χ1n) is 7.77. The van der Waals surface area contributed by atoms with Gasteiger partial charge >= 0.3 is 0 Å². The van der Waals surface area contributed by atoms with E-state index in [1.807, 2.05) is 6.20 Å². The van der Waals surface area contributed by atoms with Crippen molar-refractivity contribution in [3.8, 4) is 0 Å². The van der Waals surface area contributed by atoms with E-state index in [2.05, 4.69) is 56.9 Å². The van der Waals surface area contributed by atoms with E-state index < -0.39 is 0 Å². The molecule has 0 aliphatic carbocycles. The van der Waals surface area contributed by atoms with E-state index >= 15 is 0 Å². The average molecular weight is 278 g/mol. The zero-order chi connectivity index (χ0) is 15.1. The lowest BCUT2D eigenvalue weighted by Gasteiger charge is -2.25. The summed E-state index contributed by atoms with van der Waals surface area (Å²) in [6.07, 6.45) is 3.18. The van der Waals surface area contributed by atoms with Gasteiger partial charge in [-0.3, -0.25) is 0 Å². The maximum absolute atomic E-state index is 4.75. The van der Waals surface area contributed by atoms with Crippen LogP contribution in [-0.4, -0.2) is 30.1 Å². The molecule has 1 heterocycles. The highest BCUT2D eigenvalue weighted by atomic mass is 15.1. The number of hydrogen-bond acceptors (Lipinski definition) is 4. The third-order valence-electron chi connectivity index (χ3n) is 3.62. The standard InChI is InChI=1S/C16H30N4/c1-7-13(5)11-20(6)15-10-18-16(12(3)4)19-14(15)9-17-8-2/h10,12-13,17H,7-9,11H2,1-6H3. The van der Waals surface area contributed by atoms with E-state index in [0.29, 0.717) is 11.8 Å². The molecule has 0 fully saturated rings. The van der Waals surface area contributed by atoms with Crippen molar-refractivity contribution in [2.75, 3.05) is 25.0 Å². The molecule has 0 aromatic carbocycles. The summed E-state index contributed by atoms with van der Waals surface area (Å²) in [7, 11) is 2.13. The fourth-order valence-corrected chi connectivity index (χ4v) is 2.09. The molecule has 1 aromatic heterocycles. The smallest absolute Gasteiger partial charge is 0.131 e. The Labute approximate surface area is 124 Å². The number of aromatic nitrogens is 2. The lowest BCUT2D eigenvalue weighted by Crippen LogP contribution is -2.27. The van der Waals surface area contributed by atoms with Crippen LogP contribution in [0.5, 0.6) is 0 Å². The van der Waals surface area contributed by atoms with Gasteiger partial charge in [-0.25, -0.2) is 9.97 Å². The molecule has 1 unspecified atom stereocenters. The van der Waals surface area contributed by atoms with Crippen LogP contribution in [0.2, 0.25) is 0 Å². The van der Waals surface area contributed by atoms with Crippen molar-refractivity contribution in [3.63, 3.8) is 0 Å². The SMILES string of the molecule is CCNCc1nc(C(C)C)ncc1N(C)CC(C)CC. The molecule has 0 aliphatic heterocycles. The fraction of sp³-hybridized carbons (Fsp3) is 0.750. The maximum atomic E-state index is 4.75. The van der Waals surface area contributed by atoms with Gasteiger partial charge in [0, 0.05) is 26.1 Å². The number of nitrogens with one attached hydrogen (secondary N) is 1. The van der Waals surface area contributed by atoms with Crippen molar-refractivity contribution < 1.29 is 0 Å². The van der Waals surface area contributed by atoms with Crippen molar-refractivity contribution in [2.24, 2.45) is 5.92 Å². The minimum atomic E-state index is 0.365. The third kappa shape index (κ3) is 4.75. The first-order valence-corrected chi connectivity index (χ1v) is 7.77. The minimum absolute atomic E-state index is 0.365. The van der Waals surface area contributed by atoms with Crippen LogP contribution < -0.4 is 10.2 Å². The normalized spacial score (nSPS) is 12.8. The molecule has 0 spiro atoms. The molecule has 114 valence electrons. The Morgan fingerprint density at radius 1 is 1.25 bits per heavy atom. The summed E-state index contributed by atoms with van der Waals surface area (Å²) in [5, 5.41) is 3.38. The van der Waals surface area contributed by atoms with Crippen molar-refractivity contribution in [1.29, 1.82) is 0 Å². The first kappa shape index (κ1) is 16.9. The molecule has 0 amide bonds. The number of nitrogens with zero attached hydrogens (tertiary/aromatic N) is 3. The van der Waals surface area contributed by atoms with Crippen LogP contribution in [0.15, 0.2) is 6.20 Å². The summed E-state index contributed by atoms with van der Waals surface area (Å²) < 4.78 is 0. The van der Waals surface area contributed by atoms with Gasteiger partial charge in [-0.1, -0.05) is 41.0 Å². The van der Waals surface area contributed by atoms with Crippen LogP contribution in [0.3, 0.4) is 0 Å². The summed E-state index contributed by atoms with van der Waals surface area (Å²) >= 11 is 0. The van der Waals surface area contributed by atoms with E-state index in [-0.39, 0.29) is 0 Å². The van der Waals surface area contributed by atoms with Crippen LogP contribution >= 0.6 is 0 Å². The predicted molar refractivity (Wildman–Crippen MR) is 86.2 cm³/mol. The Hall–Kier alpha value is -1.16. The molecule has 1 N–H and O–H groups in total. The largest absolute Gasteiger partial charge is 0.372 e. The van der Waals surface area contributed by atoms with E-state index in [4.69, 9.17) is 4.98 Å². The monoisotopic (exact) mass is 278 g/mol. The second-order valence-electron chi connectivity index (χ2n) is 5.89. The summed E-state index contributed by atoms with van der Waals surface area (Å²) in [5.41, 5.74) is 2.26. The topological polar surface area (TPSA) is 41.1 Å². The molecule has 1 rings (SSSR count). The second kappa shape index (κ2) is 8.20. The first-order chi connectivity index (χ1) is 9.49. The summed E-state index contributed by atoms with van der Waals surface area (Å²) in [4.78, 5) is 11.6. The van der Waals surface area contributed by atoms with Gasteiger partial charge in [0.15, 0.2) is 0 Å². The molecule has 0 saturated heterocycles. The van der Waals surface area contributed by atoms with Crippen LogP contribution in [0.25, 0.3) is 0 Å². The maximum Gasteiger partial charge on any atom is 0.131 e. The molecule has 1 aromatic rings. The van der Waals surface area contributed by atoms with Crippen molar-refractivity contribution in [2.45, 2.75) is 53.5 Å². The number of anilines is 1. The van der Waals surface area contributed by atoms with Crippen LogP contribution in [0.4, 0.5) is 5.69 Å². The summed E-state index contributed by atoms with van der Waals surface area (Å²) in [6.45, 7) is 13.7. The van der Waals surface area contributed by atoms with E-state index in [1.54, 1.807) is 0 Å². The highest BCUT2D eigenvalue weighted by Gasteiger charge is 2.14. The minimum Gasteiger partial charge on any atom is -0.372 e. The van der Waals surface area contributed by atoms with E-state index in [9.17, 15) is 0 Å². The van der Waals surface area contributed by atoms with Gasteiger partial charge in [0.05, 0.1) is 17.6 Å². The Morgan fingerprint density at radius 3 is 2.50 bits per heavy atom. The highest BCUT2D eigenvalue weighted by Crippen LogP contribution is 2.20. The molecule has 0 aliphatic rings. The van der Waals surface area contributed by atoms with Gasteiger partial charge < -0.3 is 10.2 Å². The number of hydrogen-bond donors (Lipinski definition) is 1. The van der Waals surface area contributed by atoms with E-state index in [1.165, 1.54) is 6.42 Å². The third-order valence-corrected chi connectivity index (χ3v) is 3.62. The molecule has 0 saturated carbocycles. The second-order valence-corrected chi connectivity index (χ2v) is 5.89. The van der Waals surface area contributed by atoms with Gasteiger partial charge in [0.1, 0.15) is 5.82 Å². The molecular weight excluding hydrogens is 248 g/mol. The van der Waals surface area contributed by atoms with Crippen molar-refractivity contribution >= 4 is 5.69 Å². The van der Waals surface area contributed by atoms with Gasteiger partial charge in [0.25, 0.3) is 0 Å². The van der Waals surface area contributed by atoms with Gasteiger partial charge in [-0.15, -0.1) is 0 Å². The van der Waals surface area contributed by atoms with Crippen LogP contribution in [0.1, 0.15) is 58.5 Å². The fourth-order valence-electron chi connectivity index (χ4n) is 2.09. The average Bonchev–Trinajstić information content (AvgIpc) is 2.44. The summed E-state index contributed by atoms with van der Waals surface area (Å²) in [6, 6.07) is 0. The molecule has 20 heavy (non-hydrogen) atoms. The Morgan fingerprint density at radius 2 is 1.95 bits per heavy atom. The molecule has 4 heteroatoms.